The molecule has 0 aliphatic carbocycles. The SMILES string of the molecule is O=C(O)CCCC(=O)NCc1cccc(-c2cccc(C3OC(CN4CCCCCCC4)CC(c4ccc(CO)cc4)O3)c2)c1. The highest BCUT2D eigenvalue weighted by Crippen LogP contribution is 2.39. The molecule has 0 radical (unpaired) electrons. The smallest absolute Gasteiger partial charge is 0.303 e. The Labute approximate surface area is 266 Å². The Morgan fingerprint density at radius 1 is 0.800 bits per heavy atom. The normalized spacial score (nSPS) is 21.0. The zero-order chi connectivity index (χ0) is 31.4. The number of ether oxygens (including phenoxy) is 2. The molecule has 3 aromatic rings. The molecule has 8 nitrogen and oxygen atoms in total. The Morgan fingerprint density at radius 3 is 2.24 bits per heavy atom. The minimum atomic E-state index is -0.891. The Hall–Kier alpha value is -3.56. The van der Waals surface area contributed by atoms with Gasteiger partial charge in [-0.05, 0) is 72.3 Å². The van der Waals surface area contributed by atoms with Crippen molar-refractivity contribution < 1.29 is 29.3 Å². The fourth-order valence-corrected chi connectivity index (χ4v) is 6.23. The number of carbonyl (C=O) groups is 2. The first-order valence-electron chi connectivity index (χ1n) is 16.4. The van der Waals surface area contributed by atoms with E-state index in [4.69, 9.17) is 14.6 Å². The van der Waals surface area contributed by atoms with E-state index in [9.17, 15) is 14.7 Å². The van der Waals surface area contributed by atoms with E-state index in [2.05, 4.69) is 52.7 Å². The van der Waals surface area contributed by atoms with Crippen molar-refractivity contribution in [3.8, 4) is 11.1 Å². The zero-order valence-corrected chi connectivity index (χ0v) is 26.0. The van der Waals surface area contributed by atoms with Crippen LogP contribution in [0.4, 0.5) is 0 Å². The van der Waals surface area contributed by atoms with Crippen LogP contribution in [0.15, 0.2) is 72.8 Å². The van der Waals surface area contributed by atoms with Crippen molar-refractivity contribution in [1.29, 1.82) is 0 Å². The van der Waals surface area contributed by atoms with E-state index in [1.807, 2.05) is 30.3 Å². The number of likely N-dealkylation sites (tertiary alicyclic amines) is 1. The minimum absolute atomic E-state index is 0.0105. The van der Waals surface area contributed by atoms with Gasteiger partial charge in [-0.25, -0.2) is 0 Å². The number of nitrogens with zero attached hydrogens (tertiary/aromatic N) is 1. The summed E-state index contributed by atoms with van der Waals surface area (Å²) in [6.07, 6.45) is 7.04. The van der Waals surface area contributed by atoms with Gasteiger partial charge in [0.2, 0.25) is 5.91 Å². The highest BCUT2D eigenvalue weighted by atomic mass is 16.7. The first-order chi connectivity index (χ1) is 22.0. The summed E-state index contributed by atoms with van der Waals surface area (Å²) in [4.78, 5) is 25.5. The number of rotatable bonds is 12. The number of carboxylic acids is 1. The maximum Gasteiger partial charge on any atom is 0.303 e. The molecular weight excluding hydrogens is 568 g/mol. The van der Waals surface area contributed by atoms with Crippen molar-refractivity contribution in [3.63, 3.8) is 0 Å². The molecule has 8 heteroatoms. The first kappa shape index (κ1) is 32.8. The number of aliphatic carboxylic acids is 1. The van der Waals surface area contributed by atoms with E-state index in [1.165, 1.54) is 32.1 Å². The summed E-state index contributed by atoms with van der Waals surface area (Å²) in [6, 6.07) is 24.4. The average molecular weight is 615 g/mol. The predicted molar refractivity (Wildman–Crippen MR) is 173 cm³/mol. The molecule has 45 heavy (non-hydrogen) atoms. The molecule has 0 aromatic heterocycles. The van der Waals surface area contributed by atoms with Gasteiger partial charge in [0, 0.05) is 37.9 Å². The van der Waals surface area contributed by atoms with Crippen LogP contribution in [0.1, 0.15) is 92.4 Å². The number of aliphatic hydroxyl groups excluding tert-OH is 1. The fourth-order valence-electron chi connectivity index (χ4n) is 6.23. The largest absolute Gasteiger partial charge is 0.481 e. The third kappa shape index (κ3) is 9.96. The van der Waals surface area contributed by atoms with E-state index in [-0.39, 0.29) is 37.6 Å². The summed E-state index contributed by atoms with van der Waals surface area (Å²) in [7, 11) is 0. The number of carbonyl (C=O) groups excluding carboxylic acids is 1. The van der Waals surface area contributed by atoms with E-state index in [0.717, 1.165) is 59.4 Å². The first-order valence-corrected chi connectivity index (χ1v) is 16.4. The second-order valence-corrected chi connectivity index (χ2v) is 12.3. The Bertz CT molecular complexity index is 1390. The molecule has 2 aliphatic heterocycles. The molecule has 5 rings (SSSR count). The summed E-state index contributed by atoms with van der Waals surface area (Å²) >= 11 is 0. The van der Waals surface area contributed by atoms with Crippen LogP contribution in [0.2, 0.25) is 0 Å². The van der Waals surface area contributed by atoms with Crippen molar-refractivity contribution in [2.45, 2.75) is 89.4 Å². The number of carboxylic acid groups (broad SMARTS) is 1. The van der Waals surface area contributed by atoms with Gasteiger partial charge in [-0.1, -0.05) is 79.9 Å². The van der Waals surface area contributed by atoms with Gasteiger partial charge in [0.25, 0.3) is 0 Å². The van der Waals surface area contributed by atoms with Crippen LogP contribution in [-0.4, -0.2) is 52.7 Å². The average Bonchev–Trinajstić information content (AvgIpc) is 3.05. The van der Waals surface area contributed by atoms with E-state index >= 15 is 0 Å². The van der Waals surface area contributed by atoms with Gasteiger partial charge in [-0.3, -0.25) is 9.59 Å². The lowest BCUT2D eigenvalue weighted by molar-refractivity contribution is -0.253. The number of nitrogens with one attached hydrogen (secondary N) is 1. The molecule has 1 amide bonds. The molecule has 3 atom stereocenters. The van der Waals surface area contributed by atoms with E-state index in [1.54, 1.807) is 0 Å². The van der Waals surface area contributed by atoms with Gasteiger partial charge >= 0.3 is 5.97 Å². The molecule has 3 unspecified atom stereocenters. The third-order valence-corrected chi connectivity index (χ3v) is 8.73. The van der Waals surface area contributed by atoms with E-state index < -0.39 is 12.3 Å². The van der Waals surface area contributed by atoms with Crippen LogP contribution in [0.5, 0.6) is 0 Å². The van der Waals surface area contributed by atoms with Crippen molar-refractivity contribution in [2.24, 2.45) is 0 Å². The van der Waals surface area contributed by atoms with Crippen molar-refractivity contribution in [3.05, 3.63) is 95.1 Å². The molecule has 2 aliphatic rings. The lowest BCUT2D eigenvalue weighted by Gasteiger charge is -2.39. The molecule has 0 saturated carbocycles. The summed E-state index contributed by atoms with van der Waals surface area (Å²) in [5, 5.41) is 21.2. The van der Waals surface area contributed by atoms with Crippen LogP contribution >= 0.6 is 0 Å². The maximum atomic E-state index is 12.2. The molecule has 2 heterocycles. The highest BCUT2D eigenvalue weighted by molar-refractivity contribution is 5.76. The predicted octanol–water partition coefficient (Wildman–Crippen LogP) is 6.53. The fraction of sp³-hybridized carbons (Fsp3) is 0.459. The summed E-state index contributed by atoms with van der Waals surface area (Å²) in [5.74, 6) is -1.04. The van der Waals surface area contributed by atoms with Crippen LogP contribution < -0.4 is 5.32 Å². The third-order valence-electron chi connectivity index (χ3n) is 8.73. The number of hydrogen-bond donors (Lipinski definition) is 3. The topological polar surface area (TPSA) is 108 Å². The quantitative estimate of drug-likeness (QED) is 0.213. The lowest BCUT2D eigenvalue weighted by Crippen LogP contribution is -2.40. The summed E-state index contributed by atoms with van der Waals surface area (Å²) in [5.41, 5.74) is 5.95. The van der Waals surface area contributed by atoms with Crippen molar-refractivity contribution >= 4 is 11.9 Å². The van der Waals surface area contributed by atoms with Crippen LogP contribution in [0.25, 0.3) is 11.1 Å². The molecule has 2 saturated heterocycles. The Morgan fingerprint density at radius 2 is 1.51 bits per heavy atom. The van der Waals surface area contributed by atoms with E-state index in [0.29, 0.717) is 13.0 Å². The molecular formula is C37H46N2O6. The number of hydrogen-bond acceptors (Lipinski definition) is 6. The van der Waals surface area contributed by atoms with Crippen molar-refractivity contribution in [1.82, 2.24) is 10.2 Å². The van der Waals surface area contributed by atoms with Gasteiger partial charge in [-0.15, -0.1) is 0 Å². The Kier molecular flexibility index (Phi) is 12.2. The molecule has 2 fully saturated rings. The van der Waals surface area contributed by atoms with Crippen LogP contribution in [0, 0.1) is 0 Å². The van der Waals surface area contributed by atoms with Crippen LogP contribution in [0.3, 0.4) is 0 Å². The highest BCUT2D eigenvalue weighted by Gasteiger charge is 2.33. The van der Waals surface area contributed by atoms with Gasteiger partial charge in [0.1, 0.15) is 0 Å². The minimum Gasteiger partial charge on any atom is -0.481 e. The van der Waals surface area contributed by atoms with Gasteiger partial charge < -0.3 is 29.9 Å². The molecule has 0 bridgehead atoms. The molecule has 0 spiro atoms. The summed E-state index contributed by atoms with van der Waals surface area (Å²) in [6.45, 7) is 3.49. The van der Waals surface area contributed by atoms with Crippen LogP contribution in [-0.2, 0) is 32.2 Å². The standard InChI is InChI=1S/C37H46N2O6/c40-26-27-15-17-29(18-16-27)34-23-33(25-39-19-4-2-1-3-5-20-39)44-37(45-34)32-12-7-11-31(22-32)30-10-6-9-28(21-30)24-38-35(41)13-8-14-36(42)43/h6-7,9-12,15-18,21-22,33-34,37,40H,1-5,8,13-14,19-20,23-26H2,(H,38,41)(H,42,43). The number of benzene rings is 3. The second-order valence-electron chi connectivity index (χ2n) is 12.3. The van der Waals surface area contributed by atoms with Gasteiger partial charge in [-0.2, -0.15) is 0 Å². The van der Waals surface area contributed by atoms with Crippen molar-refractivity contribution in [2.75, 3.05) is 19.6 Å². The molecule has 240 valence electrons. The molecule has 3 aromatic carbocycles. The lowest BCUT2D eigenvalue weighted by atomic mass is 9.98. The zero-order valence-electron chi connectivity index (χ0n) is 26.0. The summed E-state index contributed by atoms with van der Waals surface area (Å²) < 4.78 is 13.3. The second kappa shape index (κ2) is 16.7. The van der Waals surface area contributed by atoms with Gasteiger partial charge in [0.05, 0.1) is 18.8 Å². The van der Waals surface area contributed by atoms with Gasteiger partial charge in [0.15, 0.2) is 6.29 Å². The maximum absolute atomic E-state index is 12.2. The Balaban J connectivity index is 1.30. The number of aliphatic hydroxyl groups is 1. The monoisotopic (exact) mass is 614 g/mol. The molecule has 3 N–H and O–H groups in total. The number of amides is 1.